The zero-order valence-corrected chi connectivity index (χ0v) is 21.7. The summed E-state index contributed by atoms with van der Waals surface area (Å²) in [6.07, 6.45) is 0. The van der Waals surface area contributed by atoms with Crippen molar-refractivity contribution in [2.24, 2.45) is 0 Å². The minimum atomic E-state index is -4.12. The molecule has 0 fully saturated rings. The van der Waals surface area contributed by atoms with Gasteiger partial charge in [0, 0.05) is 34.7 Å². The van der Waals surface area contributed by atoms with Crippen molar-refractivity contribution in [3.8, 4) is 5.75 Å². The molecule has 0 atom stereocenters. The van der Waals surface area contributed by atoms with Gasteiger partial charge in [-0.3, -0.25) is 5.41 Å². The van der Waals surface area contributed by atoms with Gasteiger partial charge in [0.1, 0.15) is 12.4 Å². The van der Waals surface area contributed by atoms with Crippen LogP contribution in [0.25, 0.3) is 10.8 Å². The van der Waals surface area contributed by atoms with Gasteiger partial charge in [0.05, 0.1) is 4.90 Å². The molecule has 8 heteroatoms. The first kappa shape index (κ1) is 25.7. The maximum Gasteiger partial charge on any atom is 0.224 e. The monoisotopic (exact) mass is 521 g/mol. The Kier molecular flexibility index (Phi) is 7.94. The SMILES string of the molecule is CN(C)CCOc1ccc(NCc2cccc(Cl)c2)c(C(=N)S(=O)(=O)c2cccc3ccccc23)c1. The molecule has 0 unspecified atom stereocenters. The van der Waals surface area contributed by atoms with Gasteiger partial charge in [-0.2, -0.15) is 0 Å². The fourth-order valence-electron chi connectivity index (χ4n) is 3.83. The van der Waals surface area contributed by atoms with E-state index in [9.17, 15) is 8.42 Å². The van der Waals surface area contributed by atoms with Gasteiger partial charge in [0.15, 0.2) is 5.04 Å². The van der Waals surface area contributed by atoms with Gasteiger partial charge in [-0.1, -0.05) is 60.1 Å². The molecule has 0 saturated heterocycles. The topological polar surface area (TPSA) is 82.5 Å². The van der Waals surface area contributed by atoms with Crippen molar-refractivity contribution in [1.82, 2.24) is 4.90 Å². The number of hydrogen-bond acceptors (Lipinski definition) is 6. The van der Waals surface area contributed by atoms with Crippen LogP contribution in [0, 0.1) is 5.41 Å². The fraction of sp³-hybridized carbons (Fsp3) is 0.179. The number of rotatable bonds is 9. The Bertz CT molecular complexity index is 1500. The summed E-state index contributed by atoms with van der Waals surface area (Å²) in [4.78, 5) is 2.10. The first-order chi connectivity index (χ1) is 17.3. The Hall–Kier alpha value is -3.39. The van der Waals surface area contributed by atoms with E-state index >= 15 is 0 Å². The molecule has 4 rings (SSSR count). The van der Waals surface area contributed by atoms with Crippen molar-refractivity contribution >= 4 is 42.9 Å². The van der Waals surface area contributed by atoms with E-state index < -0.39 is 14.9 Å². The highest BCUT2D eigenvalue weighted by Crippen LogP contribution is 2.30. The van der Waals surface area contributed by atoms with Gasteiger partial charge >= 0.3 is 0 Å². The first-order valence-corrected chi connectivity index (χ1v) is 13.3. The molecular weight excluding hydrogens is 494 g/mol. The second kappa shape index (κ2) is 11.1. The third kappa shape index (κ3) is 5.87. The lowest BCUT2D eigenvalue weighted by atomic mass is 10.1. The number of ether oxygens (including phenoxy) is 1. The molecular formula is C28H28ClN3O3S. The molecule has 36 heavy (non-hydrogen) atoms. The second-order valence-corrected chi connectivity index (χ2v) is 10.9. The van der Waals surface area contributed by atoms with Gasteiger partial charge in [-0.15, -0.1) is 0 Å². The summed E-state index contributed by atoms with van der Waals surface area (Å²) in [6.45, 7) is 1.55. The van der Waals surface area contributed by atoms with E-state index in [4.69, 9.17) is 21.7 Å². The summed E-state index contributed by atoms with van der Waals surface area (Å²) < 4.78 is 33.3. The first-order valence-electron chi connectivity index (χ1n) is 11.5. The molecule has 6 nitrogen and oxygen atoms in total. The van der Waals surface area contributed by atoms with Crippen LogP contribution >= 0.6 is 11.6 Å². The van der Waals surface area contributed by atoms with Crippen LogP contribution in [0.3, 0.4) is 0 Å². The van der Waals surface area contributed by atoms with Crippen molar-refractivity contribution in [3.63, 3.8) is 0 Å². The molecule has 0 aliphatic heterocycles. The molecule has 4 aromatic rings. The van der Waals surface area contributed by atoms with Gasteiger partial charge in [0.2, 0.25) is 9.84 Å². The Morgan fingerprint density at radius 3 is 2.50 bits per heavy atom. The zero-order valence-electron chi connectivity index (χ0n) is 20.2. The molecule has 0 amide bonds. The van der Waals surface area contributed by atoms with E-state index in [-0.39, 0.29) is 10.5 Å². The molecule has 4 aromatic carbocycles. The van der Waals surface area contributed by atoms with E-state index in [0.29, 0.717) is 41.5 Å². The summed E-state index contributed by atoms with van der Waals surface area (Å²) in [6, 6.07) is 24.9. The van der Waals surface area contributed by atoms with E-state index in [1.54, 1.807) is 48.5 Å². The van der Waals surface area contributed by atoms with E-state index in [2.05, 4.69) is 5.32 Å². The number of nitrogens with one attached hydrogen (secondary N) is 2. The highest BCUT2D eigenvalue weighted by atomic mass is 35.5. The molecule has 0 bridgehead atoms. The van der Waals surface area contributed by atoms with Crippen LogP contribution in [0.5, 0.6) is 5.75 Å². The molecule has 0 saturated carbocycles. The number of benzene rings is 4. The van der Waals surface area contributed by atoms with Crippen LogP contribution in [0.4, 0.5) is 5.69 Å². The average Bonchev–Trinajstić information content (AvgIpc) is 2.87. The smallest absolute Gasteiger partial charge is 0.224 e. The van der Waals surface area contributed by atoms with Crippen LogP contribution in [-0.2, 0) is 16.4 Å². The van der Waals surface area contributed by atoms with Crippen LogP contribution < -0.4 is 10.1 Å². The predicted molar refractivity (Wildman–Crippen MR) is 147 cm³/mol. The summed E-state index contributed by atoms with van der Waals surface area (Å²) in [5.74, 6) is 0.498. The fourth-order valence-corrected chi connectivity index (χ4v) is 5.45. The quantitative estimate of drug-likeness (QED) is 0.213. The lowest BCUT2D eigenvalue weighted by Crippen LogP contribution is -2.20. The van der Waals surface area contributed by atoms with E-state index in [0.717, 1.165) is 10.9 Å². The maximum atomic E-state index is 13.7. The average molecular weight is 522 g/mol. The normalized spacial score (nSPS) is 11.6. The lowest BCUT2D eigenvalue weighted by molar-refractivity contribution is 0.261. The molecule has 0 aromatic heterocycles. The molecule has 2 N–H and O–H groups in total. The molecule has 0 heterocycles. The molecule has 186 valence electrons. The largest absolute Gasteiger partial charge is 0.492 e. The van der Waals surface area contributed by atoms with Crippen LogP contribution in [-0.4, -0.2) is 45.6 Å². The van der Waals surface area contributed by atoms with Crippen molar-refractivity contribution in [2.45, 2.75) is 11.4 Å². The Labute approximate surface area is 216 Å². The van der Waals surface area contributed by atoms with Crippen molar-refractivity contribution in [3.05, 3.63) is 101 Å². The number of fused-ring (bicyclic) bond motifs is 1. The van der Waals surface area contributed by atoms with Crippen molar-refractivity contribution < 1.29 is 13.2 Å². The van der Waals surface area contributed by atoms with Gasteiger partial charge in [0.25, 0.3) is 0 Å². The minimum absolute atomic E-state index is 0.102. The number of sulfone groups is 1. The van der Waals surface area contributed by atoms with Crippen LogP contribution in [0.15, 0.2) is 89.8 Å². The third-order valence-electron chi connectivity index (χ3n) is 5.72. The number of likely N-dealkylation sites (N-methyl/N-ethyl adjacent to an activating group) is 1. The van der Waals surface area contributed by atoms with E-state index in [1.165, 1.54) is 0 Å². The number of halogens is 1. The van der Waals surface area contributed by atoms with Gasteiger partial charge < -0.3 is 15.0 Å². The van der Waals surface area contributed by atoms with Crippen LogP contribution in [0.1, 0.15) is 11.1 Å². The molecule has 0 aliphatic carbocycles. The molecule has 0 aliphatic rings. The van der Waals surface area contributed by atoms with E-state index in [1.807, 2.05) is 55.4 Å². The number of hydrogen-bond donors (Lipinski definition) is 2. The zero-order chi connectivity index (χ0) is 25.7. The molecule has 0 radical (unpaired) electrons. The Morgan fingerprint density at radius 2 is 1.72 bits per heavy atom. The Morgan fingerprint density at radius 1 is 0.972 bits per heavy atom. The van der Waals surface area contributed by atoms with Gasteiger partial charge in [-0.05, 0) is 61.4 Å². The van der Waals surface area contributed by atoms with Gasteiger partial charge in [-0.25, -0.2) is 8.42 Å². The highest BCUT2D eigenvalue weighted by molar-refractivity contribution is 8.07. The maximum absolute atomic E-state index is 13.7. The summed E-state index contributed by atoms with van der Waals surface area (Å²) in [5.41, 5.74) is 1.69. The number of anilines is 1. The summed E-state index contributed by atoms with van der Waals surface area (Å²) in [7, 11) is -0.226. The molecule has 0 spiro atoms. The minimum Gasteiger partial charge on any atom is -0.492 e. The van der Waals surface area contributed by atoms with Crippen LogP contribution in [0.2, 0.25) is 5.02 Å². The third-order valence-corrected chi connectivity index (χ3v) is 7.65. The summed E-state index contributed by atoms with van der Waals surface area (Å²) >= 11 is 6.11. The standard InChI is InChI=1S/C28H28ClN3O3S/c1-32(2)15-16-35-23-13-14-26(31-19-20-7-5-10-22(29)17-20)25(18-23)28(30)36(33,34)27-12-6-9-21-8-3-4-11-24(21)27/h3-14,17-18,30-31H,15-16,19H2,1-2H3. The number of nitrogens with zero attached hydrogens (tertiary/aromatic N) is 1. The predicted octanol–water partition coefficient (Wildman–Crippen LogP) is 5.84. The second-order valence-electron chi connectivity index (χ2n) is 8.65. The highest BCUT2D eigenvalue weighted by Gasteiger charge is 2.27. The van der Waals surface area contributed by atoms with Crippen molar-refractivity contribution in [1.29, 1.82) is 5.41 Å². The van der Waals surface area contributed by atoms with Crippen molar-refractivity contribution in [2.75, 3.05) is 32.6 Å². The summed E-state index contributed by atoms with van der Waals surface area (Å²) in [5, 5.41) is 13.6. The lowest BCUT2D eigenvalue weighted by Gasteiger charge is -2.17. The Balaban J connectivity index is 1.71.